The van der Waals surface area contributed by atoms with Crippen LogP contribution in [0.15, 0.2) is 24.3 Å². The Hall–Kier alpha value is -2.38. The van der Waals surface area contributed by atoms with Crippen molar-refractivity contribution in [3.8, 4) is 0 Å². The van der Waals surface area contributed by atoms with E-state index in [-0.39, 0.29) is 5.96 Å². The smallest absolute Gasteiger partial charge is 0.343 e. The van der Waals surface area contributed by atoms with Gasteiger partial charge in [-0.15, -0.1) is 0 Å². The fourth-order valence-electron chi connectivity index (χ4n) is 1.19. The molecule has 0 saturated carbocycles. The van der Waals surface area contributed by atoms with Gasteiger partial charge in [0.15, 0.2) is 11.4 Å². The molecule has 0 saturated heterocycles. The maximum atomic E-state index is 10.3. The van der Waals surface area contributed by atoms with Gasteiger partial charge in [-0.1, -0.05) is 12.1 Å². The average Bonchev–Trinajstić information content (AvgIpc) is 2.92. The standard InChI is InChI=1S/C6H5N3.C2H8O7P2.C2H4O2.CH5N3/c1-2-4-6-5(3-1)7-9-8-6;3-1-2(10(4,5)6)11(7,8)9;1-2(3)4;2-1(3)4/h1-4H,(H,7,8,9);2-3H,1H2,(H2,4,5,6)(H2,7,8,9);1H3,(H,3,4);(H5,2,3,4). The lowest BCUT2D eigenvalue weighted by atomic mass is 10.3. The number of nitrogens with two attached hydrogens (primary N) is 2. The minimum atomic E-state index is -4.91. The number of fused-ring (bicyclic) bond motifs is 1. The van der Waals surface area contributed by atoms with Crippen LogP contribution in [-0.4, -0.2) is 69.1 Å². The molecule has 0 unspecified atom stereocenters. The molecule has 0 fully saturated rings. The molecule has 2 aromatic rings. The fraction of sp³-hybridized carbons (Fsp3) is 0.273. The van der Waals surface area contributed by atoms with Gasteiger partial charge in [-0.25, -0.2) is 0 Å². The summed E-state index contributed by atoms with van der Waals surface area (Å²) in [5.41, 5.74) is 10.8. The monoisotopic (exact) mass is 444 g/mol. The summed E-state index contributed by atoms with van der Waals surface area (Å²) in [5.74, 6) is -1.17. The maximum Gasteiger partial charge on any atom is 0.343 e. The number of para-hydroxylation sites is 2. The number of hydrogen-bond donors (Lipinski definition) is 10. The predicted octanol–water partition coefficient (Wildman–Crippen LogP) is -1.45. The van der Waals surface area contributed by atoms with Crippen LogP contribution in [0.3, 0.4) is 0 Å². The fourth-order valence-corrected chi connectivity index (χ4v) is 3.19. The highest BCUT2D eigenvalue weighted by molar-refractivity contribution is 7.70. The molecule has 15 nitrogen and oxygen atoms in total. The molecule has 160 valence electrons. The van der Waals surface area contributed by atoms with Crippen LogP contribution in [0.5, 0.6) is 0 Å². The summed E-state index contributed by atoms with van der Waals surface area (Å²) in [4.78, 5) is 42.1. The number of carboxylic acids is 1. The lowest BCUT2D eigenvalue weighted by Crippen LogP contribution is -2.20. The second-order valence-electron chi connectivity index (χ2n) is 4.63. The number of carboxylic acid groups (broad SMARTS) is 1. The van der Waals surface area contributed by atoms with Crippen LogP contribution in [0.2, 0.25) is 0 Å². The van der Waals surface area contributed by atoms with E-state index in [4.69, 9.17) is 40.0 Å². The summed E-state index contributed by atoms with van der Waals surface area (Å²) in [5, 5.41) is 29.7. The molecule has 1 aromatic heterocycles. The number of aromatic nitrogens is 3. The van der Waals surface area contributed by atoms with Gasteiger partial charge in [0.25, 0.3) is 5.97 Å². The minimum absolute atomic E-state index is 0.333. The van der Waals surface area contributed by atoms with Gasteiger partial charge >= 0.3 is 15.2 Å². The van der Waals surface area contributed by atoms with Crippen LogP contribution in [-0.2, 0) is 13.9 Å². The van der Waals surface area contributed by atoms with Gasteiger partial charge in [-0.3, -0.25) is 19.3 Å². The number of carbonyl (C=O) groups is 1. The third-order valence-electron chi connectivity index (χ3n) is 2.16. The van der Waals surface area contributed by atoms with E-state index in [2.05, 4.69) is 26.9 Å². The Bertz CT molecular complexity index is 761. The molecule has 0 bridgehead atoms. The highest BCUT2D eigenvalue weighted by atomic mass is 31.2. The number of nitrogens with zero attached hydrogens (tertiary/aromatic N) is 2. The summed E-state index contributed by atoms with van der Waals surface area (Å²) < 4.78 is 20.5. The Balaban J connectivity index is 0. The van der Waals surface area contributed by atoms with Crippen molar-refractivity contribution >= 4 is 38.2 Å². The van der Waals surface area contributed by atoms with E-state index in [9.17, 15) is 9.13 Å². The second kappa shape index (κ2) is 12.9. The number of guanidine groups is 1. The van der Waals surface area contributed by atoms with Crippen LogP contribution in [0.25, 0.3) is 11.0 Å². The molecule has 0 aliphatic rings. The van der Waals surface area contributed by atoms with E-state index in [0.717, 1.165) is 18.0 Å². The number of aromatic amines is 1. The molecule has 1 heterocycles. The molecule has 0 amide bonds. The Morgan fingerprint density at radius 2 is 1.39 bits per heavy atom. The molecule has 1 aromatic carbocycles. The third-order valence-corrected chi connectivity index (χ3v) is 5.85. The van der Waals surface area contributed by atoms with Crippen molar-refractivity contribution in [2.24, 2.45) is 11.5 Å². The summed E-state index contributed by atoms with van der Waals surface area (Å²) >= 11 is 0. The first-order valence-electron chi connectivity index (χ1n) is 6.88. The highest BCUT2D eigenvalue weighted by Crippen LogP contribution is 2.59. The molecule has 2 rings (SSSR count). The number of hydrogen-bond acceptors (Lipinski definition) is 7. The van der Waals surface area contributed by atoms with E-state index in [1.807, 2.05) is 24.3 Å². The van der Waals surface area contributed by atoms with Gasteiger partial charge in [-0.2, -0.15) is 15.4 Å². The van der Waals surface area contributed by atoms with Gasteiger partial charge in [0.05, 0.1) is 6.61 Å². The van der Waals surface area contributed by atoms with Crippen molar-refractivity contribution in [3.63, 3.8) is 0 Å². The van der Waals surface area contributed by atoms with Crippen LogP contribution >= 0.6 is 15.2 Å². The van der Waals surface area contributed by atoms with Crippen molar-refractivity contribution in [1.29, 1.82) is 5.41 Å². The van der Waals surface area contributed by atoms with E-state index in [1.54, 1.807) is 0 Å². The molecular weight excluding hydrogens is 422 g/mol. The summed E-state index contributed by atoms with van der Waals surface area (Å²) in [6, 6.07) is 7.70. The number of H-pyrrole nitrogens is 1. The molecule has 17 heteroatoms. The Labute approximate surface area is 158 Å². The normalized spacial score (nSPS) is 10.5. The summed E-state index contributed by atoms with van der Waals surface area (Å²) in [6.45, 7) is -0.158. The number of aliphatic hydroxyl groups is 1. The molecule has 0 aliphatic heterocycles. The number of rotatable bonds is 3. The largest absolute Gasteiger partial charge is 0.481 e. The van der Waals surface area contributed by atoms with Gasteiger partial charge in [0, 0.05) is 6.92 Å². The Morgan fingerprint density at radius 1 is 1.11 bits per heavy atom. The third kappa shape index (κ3) is 14.8. The van der Waals surface area contributed by atoms with Crippen molar-refractivity contribution in [3.05, 3.63) is 24.3 Å². The SMILES string of the molecule is CC(=O)O.N=C(N)N.O=P(O)(O)C(CO)P(=O)(O)O.c1ccc2n[nH]nc2c1. The zero-order chi connectivity index (χ0) is 22.5. The number of aliphatic carboxylic acids is 1. The summed E-state index contributed by atoms with van der Waals surface area (Å²) in [7, 11) is -9.82. The quantitative estimate of drug-likeness (QED) is 0.147. The zero-order valence-corrected chi connectivity index (χ0v) is 16.2. The van der Waals surface area contributed by atoms with Gasteiger partial charge < -0.3 is 41.3 Å². The molecule has 28 heavy (non-hydrogen) atoms. The number of nitrogens with one attached hydrogen (secondary N) is 2. The Morgan fingerprint density at radius 3 is 1.57 bits per heavy atom. The molecule has 0 aliphatic carbocycles. The second-order valence-corrected chi connectivity index (χ2v) is 8.64. The minimum Gasteiger partial charge on any atom is -0.481 e. The van der Waals surface area contributed by atoms with E-state index in [1.165, 1.54) is 0 Å². The van der Waals surface area contributed by atoms with Crippen molar-refractivity contribution < 1.29 is 43.7 Å². The van der Waals surface area contributed by atoms with Gasteiger partial charge in [-0.05, 0) is 12.1 Å². The van der Waals surface area contributed by atoms with Crippen LogP contribution in [0.1, 0.15) is 6.92 Å². The highest BCUT2D eigenvalue weighted by Gasteiger charge is 2.42. The topological polar surface area (TPSA) is 290 Å². The van der Waals surface area contributed by atoms with Crippen molar-refractivity contribution in [1.82, 2.24) is 15.4 Å². The number of aliphatic hydroxyl groups excluding tert-OH is 1. The van der Waals surface area contributed by atoms with Crippen LogP contribution < -0.4 is 11.5 Å². The van der Waals surface area contributed by atoms with Crippen molar-refractivity contribution in [2.45, 2.75) is 12.3 Å². The molecule has 12 N–H and O–H groups in total. The maximum absolute atomic E-state index is 10.3. The molecule has 0 radical (unpaired) electrons. The Kier molecular flexibility index (Phi) is 12.8. The molecular formula is C11H22N6O9P2. The zero-order valence-electron chi connectivity index (χ0n) is 14.4. The van der Waals surface area contributed by atoms with Gasteiger partial charge in [0.2, 0.25) is 0 Å². The summed E-state index contributed by atoms with van der Waals surface area (Å²) in [6.07, 6.45) is 0. The number of benzene rings is 1. The van der Waals surface area contributed by atoms with Crippen molar-refractivity contribution in [2.75, 3.05) is 6.61 Å². The first kappa shape index (κ1) is 27.8. The lowest BCUT2D eigenvalue weighted by molar-refractivity contribution is -0.134. The average molecular weight is 444 g/mol. The van der Waals surface area contributed by atoms with Gasteiger partial charge in [0.1, 0.15) is 11.0 Å². The van der Waals surface area contributed by atoms with E-state index in [0.29, 0.717) is 0 Å². The van der Waals surface area contributed by atoms with E-state index < -0.39 is 33.2 Å². The first-order valence-corrected chi connectivity index (χ1v) is 10.2. The first-order chi connectivity index (χ1) is 12.6. The predicted molar refractivity (Wildman–Crippen MR) is 98.3 cm³/mol. The van der Waals surface area contributed by atoms with E-state index >= 15 is 0 Å². The molecule has 0 atom stereocenters. The van der Waals surface area contributed by atoms with Crippen LogP contribution in [0, 0.1) is 5.41 Å². The lowest BCUT2D eigenvalue weighted by Gasteiger charge is -2.16. The van der Waals surface area contributed by atoms with Crippen LogP contribution in [0.4, 0.5) is 0 Å². The molecule has 0 spiro atoms.